The zero-order valence-corrected chi connectivity index (χ0v) is 11.3. The Bertz CT molecular complexity index is 576. The van der Waals surface area contributed by atoms with Crippen molar-refractivity contribution in [2.45, 2.75) is 13.0 Å². The van der Waals surface area contributed by atoms with Crippen LogP contribution in [0.2, 0.25) is 0 Å². The van der Waals surface area contributed by atoms with Gasteiger partial charge in [0.15, 0.2) is 0 Å². The van der Waals surface area contributed by atoms with Crippen molar-refractivity contribution >= 4 is 11.6 Å². The minimum absolute atomic E-state index is 0.165. The van der Waals surface area contributed by atoms with E-state index in [1.165, 1.54) is 0 Å². The molecule has 0 aromatic heterocycles. The molecule has 0 saturated carbocycles. The van der Waals surface area contributed by atoms with Crippen molar-refractivity contribution in [2.75, 3.05) is 12.3 Å². The van der Waals surface area contributed by atoms with Crippen LogP contribution in [0.1, 0.15) is 27.5 Å². The van der Waals surface area contributed by atoms with Crippen LogP contribution in [-0.2, 0) is 0 Å². The monoisotopic (exact) mass is 270 g/mol. The first-order valence-corrected chi connectivity index (χ1v) is 6.45. The molecule has 1 amide bonds. The molecule has 4 heteroatoms. The molecule has 0 heterocycles. The lowest BCUT2D eigenvalue weighted by Crippen LogP contribution is -2.31. The summed E-state index contributed by atoms with van der Waals surface area (Å²) in [5.41, 5.74) is 8.42. The zero-order valence-electron chi connectivity index (χ0n) is 11.3. The van der Waals surface area contributed by atoms with Crippen LogP contribution in [0.25, 0.3) is 0 Å². The van der Waals surface area contributed by atoms with Gasteiger partial charge in [-0.2, -0.15) is 0 Å². The van der Waals surface area contributed by atoms with Gasteiger partial charge in [0.2, 0.25) is 0 Å². The minimum atomic E-state index is -0.442. The maximum atomic E-state index is 12.3. The van der Waals surface area contributed by atoms with Gasteiger partial charge in [-0.3, -0.25) is 4.79 Å². The van der Waals surface area contributed by atoms with Crippen molar-refractivity contribution in [3.8, 4) is 0 Å². The number of hydrogen-bond acceptors (Lipinski definition) is 3. The summed E-state index contributed by atoms with van der Waals surface area (Å²) in [7, 11) is 0. The smallest absolute Gasteiger partial charge is 0.254 e. The van der Waals surface area contributed by atoms with Gasteiger partial charge in [0.05, 0.1) is 18.2 Å². The number of benzene rings is 2. The maximum Gasteiger partial charge on any atom is 0.254 e. The molecule has 0 aliphatic rings. The number of hydrogen-bond donors (Lipinski definition) is 3. The molecule has 0 saturated heterocycles. The topological polar surface area (TPSA) is 75.4 Å². The largest absolute Gasteiger partial charge is 0.398 e. The van der Waals surface area contributed by atoms with Gasteiger partial charge < -0.3 is 16.2 Å². The maximum absolute atomic E-state index is 12.3. The number of carbonyl (C=O) groups is 1. The van der Waals surface area contributed by atoms with Crippen LogP contribution < -0.4 is 11.1 Å². The Kier molecular flexibility index (Phi) is 4.38. The molecule has 1 atom stereocenters. The summed E-state index contributed by atoms with van der Waals surface area (Å²) in [6.07, 6.45) is 0. The van der Waals surface area contributed by atoms with Gasteiger partial charge in [0, 0.05) is 5.69 Å². The first-order chi connectivity index (χ1) is 9.63. The molecule has 0 radical (unpaired) electrons. The van der Waals surface area contributed by atoms with Crippen LogP contribution in [0.5, 0.6) is 0 Å². The second-order valence-corrected chi connectivity index (χ2v) is 4.66. The predicted molar refractivity (Wildman–Crippen MR) is 79.3 cm³/mol. The third-order valence-electron chi connectivity index (χ3n) is 3.22. The highest BCUT2D eigenvalue weighted by Gasteiger charge is 2.17. The second kappa shape index (κ2) is 6.21. The number of aliphatic hydroxyl groups excluding tert-OH is 1. The number of nitrogens with one attached hydrogen (secondary N) is 1. The van der Waals surface area contributed by atoms with E-state index in [-0.39, 0.29) is 12.5 Å². The number of carbonyl (C=O) groups excluding carboxylic acids is 1. The quantitative estimate of drug-likeness (QED) is 0.744. The zero-order chi connectivity index (χ0) is 14.5. The van der Waals surface area contributed by atoms with Crippen molar-refractivity contribution in [3.05, 3.63) is 65.2 Å². The molecule has 0 aliphatic carbocycles. The fraction of sp³-hybridized carbons (Fsp3) is 0.188. The number of aryl methyl sites for hydroxylation is 1. The van der Waals surface area contributed by atoms with Crippen LogP contribution >= 0.6 is 0 Å². The van der Waals surface area contributed by atoms with Gasteiger partial charge >= 0.3 is 0 Å². The highest BCUT2D eigenvalue weighted by atomic mass is 16.3. The molecule has 4 N–H and O–H groups in total. The van der Waals surface area contributed by atoms with E-state index >= 15 is 0 Å². The number of nitrogen functional groups attached to an aromatic ring is 1. The number of nitrogens with two attached hydrogens (primary N) is 1. The lowest BCUT2D eigenvalue weighted by molar-refractivity contribution is 0.0916. The Labute approximate surface area is 118 Å². The molecule has 20 heavy (non-hydrogen) atoms. The fourth-order valence-corrected chi connectivity index (χ4v) is 2.15. The Hall–Kier alpha value is -2.33. The molecule has 2 rings (SSSR count). The van der Waals surface area contributed by atoms with E-state index in [9.17, 15) is 9.90 Å². The number of rotatable bonds is 4. The predicted octanol–water partition coefficient (Wildman–Crippen LogP) is 2.04. The van der Waals surface area contributed by atoms with E-state index < -0.39 is 6.04 Å². The van der Waals surface area contributed by atoms with Crippen molar-refractivity contribution < 1.29 is 9.90 Å². The third-order valence-corrected chi connectivity index (χ3v) is 3.22. The minimum Gasteiger partial charge on any atom is -0.398 e. The van der Waals surface area contributed by atoms with E-state index in [2.05, 4.69) is 5.32 Å². The van der Waals surface area contributed by atoms with Crippen molar-refractivity contribution in [1.82, 2.24) is 5.32 Å². The molecule has 104 valence electrons. The standard InChI is InChI=1S/C16H18N2O2/c1-11-6-5-9-13(17)15(11)16(20)18-14(10-19)12-7-3-2-4-8-12/h2-9,14,19H,10,17H2,1H3,(H,18,20)/t14-/m1/s1. The van der Waals surface area contributed by atoms with Crippen LogP contribution in [0.15, 0.2) is 48.5 Å². The fourth-order valence-electron chi connectivity index (χ4n) is 2.15. The summed E-state index contributed by atoms with van der Waals surface area (Å²) in [6.45, 7) is 1.67. The van der Waals surface area contributed by atoms with Gasteiger partial charge in [0.25, 0.3) is 5.91 Å². The summed E-state index contributed by atoms with van der Waals surface area (Å²) < 4.78 is 0. The lowest BCUT2D eigenvalue weighted by Gasteiger charge is -2.18. The van der Waals surface area contributed by atoms with Crippen molar-refractivity contribution in [3.63, 3.8) is 0 Å². The number of aliphatic hydroxyl groups is 1. The summed E-state index contributed by atoms with van der Waals surface area (Å²) >= 11 is 0. The van der Waals surface area contributed by atoms with E-state index in [0.29, 0.717) is 11.3 Å². The molecule has 4 nitrogen and oxygen atoms in total. The van der Waals surface area contributed by atoms with Gasteiger partial charge in [-0.25, -0.2) is 0 Å². The molecule has 2 aromatic rings. The van der Waals surface area contributed by atoms with Gasteiger partial charge in [-0.1, -0.05) is 42.5 Å². The third kappa shape index (κ3) is 2.97. The van der Waals surface area contributed by atoms with E-state index in [1.807, 2.05) is 49.4 Å². The Balaban J connectivity index is 2.22. The average Bonchev–Trinajstić information content (AvgIpc) is 2.45. The highest BCUT2D eigenvalue weighted by molar-refractivity contribution is 6.00. The summed E-state index contributed by atoms with van der Waals surface area (Å²) in [4.78, 5) is 12.3. The highest BCUT2D eigenvalue weighted by Crippen LogP contribution is 2.18. The molecule has 0 aliphatic heterocycles. The Morgan fingerprint density at radius 2 is 1.90 bits per heavy atom. The van der Waals surface area contributed by atoms with Gasteiger partial charge in [-0.15, -0.1) is 0 Å². The van der Waals surface area contributed by atoms with Gasteiger partial charge in [-0.05, 0) is 24.1 Å². The first kappa shape index (κ1) is 14.1. The first-order valence-electron chi connectivity index (χ1n) is 6.45. The molecular formula is C16H18N2O2. The lowest BCUT2D eigenvalue weighted by atomic mass is 10.0. The summed E-state index contributed by atoms with van der Waals surface area (Å²) in [5.74, 6) is -0.275. The van der Waals surface area contributed by atoms with E-state index in [4.69, 9.17) is 5.73 Å². The molecule has 0 spiro atoms. The van der Waals surface area contributed by atoms with E-state index in [1.54, 1.807) is 6.07 Å². The van der Waals surface area contributed by atoms with Crippen LogP contribution in [-0.4, -0.2) is 17.6 Å². The molecular weight excluding hydrogens is 252 g/mol. The van der Waals surface area contributed by atoms with E-state index in [0.717, 1.165) is 11.1 Å². The summed E-state index contributed by atoms with van der Waals surface area (Å²) in [5, 5.41) is 12.3. The van der Waals surface area contributed by atoms with Crippen LogP contribution in [0.4, 0.5) is 5.69 Å². The average molecular weight is 270 g/mol. The molecule has 0 unspecified atom stereocenters. The number of amides is 1. The van der Waals surface area contributed by atoms with Crippen LogP contribution in [0.3, 0.4) is 0 Å². The second-order valence-electron chi connectivity index (χ2n) is 4.66. The van der Waals surface area contributed by atoms with Gasteiger partial charge in [0.1, 0.15) is 0 Å². The normalized spacial score (nSPS) is 11.9. The number of anilines is 1. The SMILES string of the molecule is Cc1cccc(N)c1C(=O)N[C@H](CO)c1ccccc1. The summed E-state index contributed by atoms with van der Waals surface area (Å²) in [6, 6.07) is 14.2. The van der Waals surface area contributed by atoms with Crippen LogP contribution in [0, 0.1) is 6.92 Å². The molecule has 0 bridgehead atoms. The molecule has 2 aromatic carbocycles. The Morgan fingerprint density at radius 1 is 1.20 bits per heavy atom. The van der Waals surface area contributed by atoms with Crippen molar-refractivity contribution in [2.24, 2.45) is 0 Å². The van der Waals surface area contributed by atoms with Crippen molar-refractivity contribution in [1.29, 1.82) is 0 Å². The molecule has 0 fully saturated rings. The Morgan fingerprint density at radius 3 is 2.50 bits per heavy atom.